The summed E-state index contributed by atoms with van der Waals surface area (Å²) in [5, 5.41) is 11.9. The van der Waals surface area contributed by atoms with Gasteiger partial charge in [0.05, 0.1) is 17.5 Å². The maximum Gasteiger partial charge on any atom is 0.417 e. The van der Waals surface area contributed by atoms with E-state index in [1.807, 2.05) is 0 Å². The van der Waals surface area contributed by atoms with Crippen LogP contribution in [0.4, 0.5) is 18.9 Å². The van der Waals surface area contributed by atoms with Gasteiger partial charge in [-0.2, -0.15) is 13.2 Å². The minimum absolute atomic E-state index is 0.0312. The van der Waals surface area contributed by atoms with Gasteiger partial charge >= 0.3 is 6.18 Å². The molecule has 2 nitrogen and oxygen atoms in total. The van der Waals surface area contributed by atoms with E-state index in [2.05, 4.69) is 5.32 Å². The van der Waals surface area contributed by atoms with Crippen LogP contribution in [0.5, 0.6) is 0 Å². The normalized spacial score (nSPS) is 13.5. The first-order chi connectivity index (χ1) is 7.84. The summed E-state index contributed by atoms with van der Waals surface area (Å²) in [6, 6.07) is 3.92. The van der Waals surface area contributed by atoms with Gasteiger partial charge in [-0.15, -0.1) is 11.6 Å². The molecule has 1 unspecified atom stereocenters. The van der Waals surface area contributed by atoms with Crippen LogP contribution in [0.1, 0.15) is 5.56 Å². The van der Waals surface area contributed by atoms with E-state index in [0.717, 1.165) is 6.07 Å². The molecule has 96 valence electrons. The lowest BCUT2D eigenvalue weighted by atomic mass is 10.2. The third-order valence-corrected chi connectivity index (χ3v) is 3.29. The van der Waals surface area contributed by atoms with E-state index in [0.29, 0.717) is 5.69 Å². The lowest BCUT2D eigenvalue weighted by molar-refractivity contribution is -0.138. The lowest BCUT2D eigenvalue weighted by Crippen LogP contribution is -2.21. The fraction of sp³-hybridized carbons (Fsp3) is 0.400. The molecule has 17 heavy (non-hydrogen) atoms. The van der Waals surface area contributed by atoms with Crippen LogP contribution in [0.15, 0.2) is 18.2 Å². The van der Waals surface area contributed by atoms with Crippen molar-refractivity contribution in [2.24, 2.45) is 0 Å². The highest BCUT2D eigenvalue weighted by Gasteiger charge is 2.33. The maximum absolute atomic E-state index is 12.6. The zero-order valence-electron chi connectivity index (χ0n) is 8.56. The molecule has 0 aliphatic carbocycles. The fourth-order valence-electron chi connectivity index (χ4n) is 1.14. The summed E-state index contributed by atoms with van der Waals surface area (Å²) >= 11 is 7.01. The highest BCUT2D eigenvalue weighted by atomic mass is 127. The van der Waals surface area contributed by atoms with E-state index in [1.54, 1.807) is 22.6 Å². The maximum atomic E-state index is 12.6. The summed E-state index contributed by atoms with van der Waals surface area (Å²) in [5.41, 5.74) is -0.384. The third kappa shape index (κ3) is 4.51. The molecule has 1 aromatic carbocycles. The lowest BCUT2D eigenvalue weighted by Gasteiger charge is -2.14. The summed E-state index contributed by atoms with van der Waals surface area (Å²) in [4.78, 5) is 0. The molecule has 0 saturated carbocycles. The van der Waals surface area contributed by atoms with Gasteiger partial charge in [0.25, 0.3) is 0 Å². The van der Waals surface area contributed by atoms with Crippen LogP contribution >= 0.6 is 34.2 Å². The van der Waals surface area contributed by atoms with Crippen LogP contribution in [0.2, 0.25) is 0 Å². The minimum atomic E-state index is -4.38. The van der Waals surface area contributed by atoms with Crippen molar-refractivity contribution in [2.75, 3.05) is 17.7 Å². The minimum Gasteiger partial charge on any atom is -0.390 e. The zero-order chi connectivity index (χ0) is 13.1. The highest BCUT2D eigenvalue weighted by molar-refractivity contribution is 14.1. The first-order valence-corrected chi connectivity index (χ1v) is 6.30. The highest BCUT2D eigenvalue weighted by Crippen LogP contribution is 2.34. The van der Waals surface area contributed by atoms with Gasteiger partial charge in [0.2, 0.25) is 0 Å². The molecule has 1 rings (SSSR count). The van der Waals surface area contributed by atoms with Crippen molar-refractivity contribution in [1.82, 2.24) is 0 Å². The van der Waals surface area contributed by atoms with Crippen molar-refractivity contribution < 1.29 is 18.3 Å². The monoisotopic (exact) mass is 379 g/mol. The molecule has 0 aliphatic heterocycles. The Kier molecular flexibility index (Phi) is 5.33. The van der Waals surface area contributed by atoms with Crippen molar-refractivity contribution >= 4 is 39.9 Å². The molecule has 0 heterocycles. The largest absolute Gasteiger partial charge is 0.417 e. The van der Waals surface area contributed by atoms with Crippen molar-refractivity contribution in [3.8, 4) is 0 Å². The average molecular weight is 380 g/mol. The molecule has 0 saturated heterocycles. The molecule has 0 bridgehead atoms. The number of nitrogens with one attached hydrogen (secondary N) is 1. The van der Waals surface area contributed by atoms with E-state index in [1.165, 1.54) is 12.1 Å². The molecular formula is C10H10ClF3INO. The van der Waals surface area contributed by atoms with E-state index < -0.39 is 17.8 Å². The van der Waals surface area contributed by atoms with Gasteiger partial charge < -0.3 is 10.4 Å². The quantitative estimate of drug-likeness (QED) is 0.621. The molecule has 0 spiro atoms. The topological polar surface area (TPSA) is 32.3 Å². The predicted molar refractivity (Wildman–Crippen MR) is 69.4 cm³/mol. The smallest absolute Gasteiger partial charge is 0.390 e. The molecule has 0 aromatic heterocycles. The van der Waals surface area contributed by atoms with Crippen LogP contribution in [0.3, 0.4) is 0 Å². The second kappa shape index (κ2) is 6.10. The summed E-state index contributed by atoms with van der Waals surface area (Å²) in [6.07, 6.45) is -5.16. The van der Waals surface area contributed by atoms with Gasteiger partial charge in [-0.25, -0.2) is 0 Å². The number of hydrogen-bond acceptors (Lipinski definition) is 2. The number of alkyl halides is 4. The van der Waals surface area contributed by atoms with Crippen LogP contribution in [-0.2, 0) is 6.18 Å². The van der Waals surface area contributed by atoms with Gasteiger partial charge in [-0.05, 0) is 40.8 Å². The second-order valence-corrected chi connectivity index (χ2v) is 4.85. The van der Waals surface area contributed by atoms with Gasteiger partial charge in [-0.3, -0.25) is 0 Å². The van der Waals surface area contributed by atoms with Gasteiger partial charge in [0, 0.05) is 15.8 Å². The number of hydrogen-bond donors (Lipinski definition) is 2. The van der Waals surface area contributed by atoms with Crippen LogP contribution in [0.25, 0.3) is 0 Å². The Morgan fingerprint density at radius 3 is 2.59 bits per heavy atom. The number of halogens is 5. The van der Waals surface area contributed by atoms with Gasteiger partial charge in [0.1, 0.15) is 0 Å². The third-order valence-electron chi connectivity index (χ3n) is 1.99. The van der Waals surface area contributed by atoms with Crippen LogP contribution in [-0.4, -0.2) is 23.6 Å². The van der Waals surface area contributed by atoms with Crippen molar-refractivity contribution in [2.45, 2.75) is 12.3 Å². The van der Waals surface area contributed by atoms with E-state index in [4.69, 9.17) is 11.6 Å². The molecule has 0 aliphatic rings. The molecule has 7 heteroatoms. The van der Waals surface area contributed by atoms with E-state index >= 15 is 0 Å². The number of aliphatic hydroxyl groups excluding tert-OH is 1. The Labute approximate surface area is 115 Å². The number of rotatable bonds is 4. The van der Waals surface area contributed by atoms with Crippen molar-refractivity contribution in [1.29, 1.82) is 0 Å². The van der Waals surface area contributed by atoms with E-state index in [-0.39, 0.29) is 16.0 Å². The van der Waals surface area contributed by atoms with Crippen molar-refractivity contribution in [3.63, 3.8) is 0 Å². The first-order valence-electron chi connectivity index (χ1n) is 4.69. The molecule has 0 radical (unpaired) electrons. The number of aliphatic hydroxyl groups is 1. The Morgan fingerprint density at radius 2 is 2.06 bits per heavy atom. The summed E-state index contributed by atoms with van der Waals surface area (Å²) in [7, 11) is 0. The summed E-state index contributed by atoms with van der Waals surface area (Å²) < 4.78 is 37.9. The Hall–Kier alpha value is -0.210. The molecule has 0 fully saturated rings. The Balaban J connectivity index is 2.82. The molecule has 0 amide bonds. The standard InChI is InChI=1S/C10H10ClF3INO/c11-4-7(17)5-16-6-1-2-9(15)8(3-6)10(12,13)14/h1-3,7,16-17H,4-5H2. The fourth-order valence-corrected chi connectivity index (χ4v) is 1.89. The Morgan fingerprint density at radius 1 is 1.41 bits per heavy atom. The van der Waals surface area contributed by atoms with Crippen LogP contribution in [0, 0.1) is 3.57 Å². The average Bonchev–Trinajstić information content (AvgIpc) is 2.26. The molecule has 1 aromatic rings. The zero-order valence-corrected chi connectivity index (χ0v) is 11.5. The van der Waals surface area contributed by atoms with Crippen molar-refractivity contribution in [3.05, 3.63) is 27.3 Å². The first kappa shape index (κ1) is 14.8. The summed E-state index contributed by atoms with van der Waals surface area (Å²) in [5.74, 6) is 0.0312. The number of anilines is 1. The summed E-state index contributed by atoms with van der Waals surface area (Å²) in [6.45, 7) is 0.112. The number of benzene rings is 1. The molecule has 1 atom stereocenters. The second-order valence-electron chi connectivity index (χ2n) is 3.38. The van der Waals surface area contributed by atoms with Gasteiger partial charge in [0.15, 0.2) is 0 Å². The molecule has 2 N–H and O–H groups in total. The molecular weight excluding hydrogens is 369 g/mol. The Bertz CT molecular complexity index is 386. The van der Waals surface area contributed by atoms with Gasteiger partial charge in [-0.1, -0.05) is 0 Å². The predicted octanol–water partition coefficient (Wildman–Crippen LogP) is 3.32. The van der Waals surface area contributed by atoms with E-state index in [9.17, 15) is 18.3 Å². The van der Waals surface area contributed by atoms with Crippen LogP contribution < -0.4 is 5.32 Å². The SMILES string of the molecule is OC(CCl)CNc1ccc(I)c(C(F)(F)F)c1.